The van der Waals surface area contributed by atoms with Crippen LogP contribution in [0.3, 0.4) is 0 Å². The second kappa shape index (κ2) is 4.49. The topological polar surface area (TPSA) is 89.4 Å². The van der Waals surface area contributed by atoms with Crippen LogP contribution >= 0.6 is 0 Å². The highest BCUT2D eigenvalue weighted by Gasteiger charge is 2.63. The summed E-state index contributed by atoms with van der Waals surface area (Å²) < 4.78 is 0. The molecule has 3 rings (SSSR count). The molecule has 0 aromatic heterocycles. The summed E-state index contributed by atoms with van der Waals surface area (Å²) in [4.78, 5) is 20.8. The summed E-state index contributed by atoms with van der Waals surface area (Å²) in [6, 6.07) is 3.82. The van der Waals surface area contributed by atoms with E-state index < -0.39 is 0 Å². The number of hydrogen-bond donors (Lipinski definition) is 0. The normalized spacial score (nSPS) is 33.5. The maximum atomic E-state index is 12.4. The van der Waals surface area contributed by atoms with E-state index in [9.17, 15) is 4.79 Å². The first-order valence-corrected chi connectivity index (χ1v) is 7.44. The molecule has 2 aliphatic carbocycles. The molecule has 21 heavy (non-hydrogen) atoms. The zero-order chi connectivity index (χ0) is 15.3. The van der Waals surface area contributed by atoms with Crippen LogP contribution in [0.1, 0.15) is 46.0 Å². The highest BCUT2D eigenvalue weighted by molar-refractivity contribution is 6.54. The first-order valence-electron chi connectivity index (χ1n) is 7.44. The van der Waals surface area contributed by atoms with Gasteiger partial charge in [-0.05, 0) is 37.0 Å². The maximum Gasteiger partial charge on any atom is 0.173 e. The molecule has 3 aliphatic rings. The van der Waals surface area contributed by atoms with E-state index >= 15 is 0 Å². The number of carbonyl (C=O) groups is 1. The standard InChI is InChI=1S/C16H18N4O/c1-15(2)10-3-5-16(15,13(21)7-10)6-4-14-19-11(8-17)12(9-18)20-14/h10,14H,3-7H2,1-2H3. The molecule has 0 aromatic rings. The second-order valence-electron chi connectivity index (χ2n) is 6.87. The number of hydrogen-bond acceptors (Lipinski definition) is 5. The third kappa shape index (κ3) is 1.77. The lowest BCUT2D eigenvalue weighted by Crippen LogP contribution is -2.36. The van der Waals surface area contributed by atoms with Crippen LogP contribution in [-0.4, -0.2) is 23.4 Å². The van der Waals surface area contributed by atoms with Gasteiger partial charge in [-0.1, -0.05) is 13.8 Å². The van der Waals surface area contributed by atoms with Crippen LogP contribution in [0.5, 0.6) is 0 Å². The predicted octanol–water partition coefficient (Wildman–Crippen LogP) is 2.43. The highest BCUT2D eigenvalue weighted by atomic mass is 16.1. The van der Waals surface area contributed by atoms with Crippen molar-refractivity contribution in [2.75, 3.05) is 0 Å². The lowest BCUT2D eigenvalue weighted by Gasteiger charge is -2.36. The van der Waals surface area contributed by atoms with Crippen molar-refractivity contribution in [3.8, 4) is 12.1 Å². The lowest BCUT2D eigenvalue weighted by atomic mass is 9.66. The summed E-state index contributed by atoms with van der Waals surface area (Å²) in [7, 11) is 0. The first-order chi connectivity index (χ1) is 9.94. The molecule has 0 spiro atoms. The Bertz CT molecular complexity index is 616. The Hall–Kier alpha value is -2.01. The smallest absolute Gasteiger partial charge is 0.173 e. The third-order valence-electron chi connectivity index (χ3n) is 5.96. The van der Waals surface area contributed by atoms with E-state index in [1.54, 1.807) is 0 Å². The zero-order valence-electron chi connectivity index (χ0n) is 12.4. The SMILES string of the molecule is CC1(C)C2CCC1(CCC1N=C(C#N)C(C#N)=N1)C(=O)C2. The molecule has 0 aromatic carbocycles. The molecular formula is C16H18N4O. The Morgan fingerprint density at radius 3 is 2.29 bits per heavy atom. The Morgan fingerprint density at radius 1 is 1.24 bits per heavy atom. The van der Waals surface area contributed by atoms with Gasteiger partial charge in [-0.25, -0.2) is 9.98 Å². The quantitative estimate of drug-likeness (QED) is 0.796. The molecule has 1 aliphatic heterocycles. The summed E-state index contributed by atoms with van der Waals surface area (Å²) >= 11 is 0. The molecule has 2 unspecified atom stereocenters. The van der Waals surface area contributed by atoms with Gasteiger partial charge in [0.2, 0.25) is 0 Å². The number of aliphatic imine (C=N–C) groups is 2. The molecule has 2 atom stereocenters. The Morgan fingerprint density at radius 2 is 1.86 bits per heavy atom. The molecule has 0 saturated heterocycles. The van der Waals surface area contributed by atoms with E-state index in [1.165, 1.54) is 0 Å². The van der Waals surface area contributed by atoms with Gasteiger partial charge in [0.1, 0.15) is 24.1 Å². The fourth-order valence-electron chi connectivity index (χ4n) is 4.47. The summed E-state index contributed by atoms with van der Waals surface area (Å²) in [5.41, 5.74) is 0.0551. The number of fused-ring (bicyclic) bond motifs is 2. The van der Waals surface area contributed by atoms with Gasteiger partial charge in [0.15, 0.2) is 11.4 Å². The second-order valence-corrected chi connectivity index (χ2v) is 6.87. The molecule has 0 amide bonds. The van der Waals surface area contributed by atoms with Crippen molar-refractivity contribution in [3.05, 3.63) is 0 Å². The number of nitrogens with zero attached hydrogens (tertiary/aromatic N) is 4. The average Bonchev–Trinajstić information content (AvgIpc) is 3.03. The average molecular weight is 282 g/mol. The van der Waals surface area contributed by atoms with Crippen molar-refractivity contribution in [1.29, 1.82) is 10.5 Å². The van der Waals surface area contributed by atoms with Crippen LogP contribution < -0.4 is 0 Å². The fraction of sp³-hybridized carbons (Fsp3) is 0.688. The predicted molar refractivity (Wildman–Crippen MR) is 77.7 cm³/mol. The number of nitriles is 2. The molecule has 1 heterocycles. The van der Waals surface area contributed by atoms with E-state index in [4.69, 9.17) is 10.5 Å². The van der Waals surface area contributed by atoms with Gasteiger partial charge in [0, 0.05) is 11.8 Å². The van der Waals surface area contributed by atoms with Crippen molar-refractivity contribution in [1.82, 2.24) is 0 Å². The van der Waals surface area contributed by atoms with Crippen molar-refractivity contribution in [2.24, 2.45) is 26.7 Å². The summed E-state index contributed by atoms with van der Waals surface area (Å²) in [5, 5.41) is 17.9. The van der Waals surface area contributed by atoms with Gasteiger partial charge in [0.25, 0.3) is 0 Å². The maximum absolute atomic E-state index is 12.4. The van der Waals surface area contributed by atoms with Crippen LogP contribution in [0, 0.1) is 39.4 Å². The van der Waals surface area contributed by atoms with E-state index in [-0.39, 0.29) is 28.4 Å². The molecule has 2 fully saturated rings. The van der Waals surface area contributed by atoms with Gasteiger partial charge in [-0.15, -0.1) is 0 Å². The molecule has 108 valence electrons. The van der Waals surface area contributed by atoms with E-state index in [0.29, 0.717) is 24.5 Å². The minimum Gasteiger partial charge on any atom is -0.299 e. The van der Waals surface area contributed by atoms with Crippen molar-refractivity contribution in [3.63, 3.8) is 0 Å². The van der Waals surface area contributed by atoms with Gasteiger partial charge in [0.05, 0.1) is 0 Å². The Balaban J connectivity index is 1.77. The summed E-state index contributed by atoms with van der Waals surface area (Å²) in [5.74, 6) is 0.889. The molecule has 2 bridgehead atoms. The largest absolute Gasteiger partial charge is 0.299 e. The Labute approximate surface area is 124 Å². The number of Topliss-reactive ketones (excluding diaryl/α,β-unsaturated/α-hetero) is 1. The monoisotopic (exact) mass is 282 g/mol. The van der Waals surface area contributed by atoms with E-state index in [2.05, 4.69) is 23.8 Å². The molecule has 0 radical (unpaired) electrons. The summed E-state index contributed by atoms with van der Waals surface area (Å²) in [6.45, 7) is 4.41. The van der Waals surface area contributed by atoms with Gasteiger partial charge in [-0.3, -0.25) is 4.79 Å². The first kappa shape index (κ1) is 13.9. The van der Waals surface area contributed by atoms with Crippen molar-refractivity contribution >= 4 is 17.2 Å². The number of ketones is 1. The lowest BCUT2D eigenvalue weighted by molar-refractivity contribution is -0.130. The van der Waals surface area contributed by atoms with Crippen LogP contribution in [-0.2, 0) is 4.79 Å². The van der Waals surface area contributed by atoms with Crippen LogP contribution in [0.4, 0.5) is 0 Å². The van der Waals surface area contributed by atoms with E-state index in [0.717, 1.165) is 19.3 Å². The molecule has 0 N–H and O–H groups in total. The van der Waals surface area contributed by atoms with Crippen LogP contribution in [0.15, 0.2) is 9.98 Å². The van der Waals surface area contributed by atoms with Gasteiger partial charge < -0.3 is 0 Å². The van der Waals surface area contributed by atoms with Crippen LogP contribution in [0.2, 0.25) is 0 Å². The minimum absolute atomic E-state index is 0.0479. The number of carbonyl (C=O) groups excluding carboxylic acids is 1. The highest BCUT2D eigenvalue weighted by Crippen LogP contribution is 2.65. The molecule has 2 saturated carbocycles. The van der Waals surface area contributed by atoms with Crippen LogP contribution in [0.25, 0.3) is 0 Å². The minimum atomic E-state index is -0.369. The van der Waals surface area contributed by atoms with Gasteiger partial charge >= 0.3 is 0 Å². The fourth-order valence-corrected chi connectivity index (χ4v) is 4.47. The molecular weight excluding hydrogens is 264 g/mol. The third-order valence-corrected chi connectivity index (χ3v) is 5.96. The van der Waals surface area contributed by atoms with Crippen molar-refractivity contribution in [2.45, 2.75) is 52.1 Å². The zero-order valence-corrected chi connectivity index (χ0v) is 12.4. The van der Waals surface area contributed by atoms with Gasteiger partial charge in [-0.2, -0.15) is 10.5 Å². The van der Waals surface area contributed by atoms with Crippen molar-refractivity contribution < 1.29 is 4.79 Å². The Kier molecular flexibility index (Phi) is 2.99. The number of rotatable bonds is 3. The molecule has 5 nitrogen and oxygen atoms in total. The van der Waals surface area contributed by atoms with E-state index in [1.807, 2.05) is 12.1 Å². The molecule has 5 heteroatoms. The summed E-state index contributed by atoms with van der Waals surface area (Å²) in [6.07, 6.45) is 3.81.